The first-order chi connectivity index (χ1) is 6.63. The lowest BCUT2D eigenvalue weighted by atomic mass is 10.2. The van der Waals surface area contributed by atoms with Crippen molar-refractivity contribution in [2.24, 2.45) is 0 Å². The molecule has 0 spiro atoms. The van der Waals surface area contributed by atoms with Crippen LogP contribution in [0.15, 0.2) is 0 Å². The van der Waals surface area contributed by atoms with Gasteiger partial charge in [-0.05, 0) is 32.5 Å². The molecule has 3 nitrogen and oxygen atoms in total. The molecule has 1 N–H and O–H groups in total. The highest BCUT2D eigenvalue weighted by molar-refractivity contribution is 7.80. The lowest BCUT2D eigenvalue weighted by Gasteiger charge is -2.36. The predicted octanol–water partition coefficient (Wildman–Crippen LogP) is 1.38. The molecule has 0 aromatic heterocycles. The fraction of sp³-hybridized carbons (Fsp3) is 0.900. The van der Waals surface area contributed by atoms with Gasteiger partial charge in [-0.3, -0.25) is 0 Å². The average molecular weight is 216 g/mol. The molecule has 2 unspecified atom stereocenters. The van der Waals surface area contributed by atoms with Gasteiger partial charge >= 0.3 is 0 Å². The highest BCUT2D eigenvalue weighted by Crippen LogP contribution is 2.10. The van der Waals surface area contributed by atoms with E-state index in [4.69, 9.17) is 17.0 Å². The zero-order valence-corrected chi connectivity index (χ0v) is 10.1. The van der Waals surface area contributed by atoms with Crippen molar-refractivity contribution in [1.82, 2.24) is 10.2 Å². The molecule has 0 aromatic carbocycles. The summed E-state index contributed by atoms with van der Waals surface area (Å²) in [5.41, 5.74) is 0. The Morgan fingerprint density at radius 3 is 2.50 bits per heavy atom. The molecule has 2 atom stereocenters. The Bertz CT molecular complexity index is 189. The molecule has 0 aromatic rings. The van der Waals surface area contributed by atoms with Gasteiger partial charge in [-0.25, -0.2) is 0 Å². The van der Waals surface area contributed by atoms with E-state index < -0.39 is 0 Å². The van der Waals surface area contributed by atoms with Gasteiger partial charge in [0, 0.05) is 19.6 Å². The highest BCUT2D eigenvalue weighted by atomic mass is 32.1. The molecular formula is C10H20N2OS. The summed E-state index contributed by atoms with van der Waals surface area (Å²) in [6.07, 6.45) is 1.66. The van der Waals surface area contributed by atoms with Gasteiger partial charge in [-0.1, -0.05) is 6.92 Å². The van der Waals surface area contributed by atoms with Crippen molar-refractivity contribution in [3.63, 3.8) is 0 Å². The van der Waals surface area contributed by atoms with Crippen molar-refractivity contribution in [2.45, 2.75) is 39.4 Å². The summed E-state index contributed by atoms with van der Waals surface area (Å²) in [5, 5.41) is 4.11. The van der Waals surface area contributed by atoms with E-state index >= 15 is 0 Å². The second-order valence-corrected chi connectivity index (χ2v) is 4.28. The molecule has 0 aliphatic carbocycles. The Kier molecular flexibility index (Phi) is 4.62. The van der Waals surface area contributed by atoms with Gasteiger partial charge in [-0.15, -0.1) is 0 Å². The molecule has 82 valence electrons. The molecule has 4 heteroatoms. The van der Waals surface area contributed by atoms with E-state index in [0.717, 1.165) is 31.2 Å². The summed E-state index contributed by atoms with van der Waals surface area (Å²) in [5.74, 6) is 0. The Morgan fingerprint density at radius 2 is 2.00 bits per heavy atom. The number of morpholine rings is 1. The van der Waals surface area contributed by atoms with Gasteiger partial charge in [-0.2, -0.15) is 0 Å². The largest absolute Gasteiger partial charge is 0.372 e. The SMILES string of the molecule is CCCNC(=S)N1CC(C)OC(C)C1. The normalized spacial score (nSPS) is 27.5. The summed E-state index contributed by atoms with van der Waals surface area (Å²) in [4.78, 5) is 2.20. The lowest BCUT2D eigenvalue weighted by molar-refractivity contribution is -0.0481. The van der Waals surface area contributed by atoms with Crippen molar-refractivity contribution < 1.29 is 4.74 Å². The second kappa shape index (κ2) is 5.51. The van der Waals surface area contributed by atoms with E-state index in [0.29, 0.717) is 0 Å². The Hall–Kier alpha value is -0.350. The minimum atomic E-state index is 0.278. The van der Waals surface area contributed by atoms with E-state index in [1.54, 1.807) is 0 Å². The minimum absolute atomic E-state index is 0.278. The first-order valence-electron chi connectivity index (χ1n) is 5.31. The summed E-state index contributed by atoms with van der Waals surface area (Å²) in [6.45, 7) is 9.08. The standard InChI is InChI=1S/C10H20N2OS/c1-4-5-11-10(14)12-6-8(2)13-9(3)7-12/h8-9H,4-7H2,1-3H3,(H,11,14). The molecule has 14 heavy (non-hydrogen) atoms. The average Bonchev–Trinajstić information content (AvgIpc) is 2.12. The number of thiocarbonyl (C=S) groups is 1. The fourth-order valence-electron chi connectivity index (χ4n) is 1.69. The molecule has 1 saturated heterocycles. The van der Waals surface area contributed by atoms with Crippen molar-refractivity contribution in [2.75, 3.05) is 19.6 Å². The van der Waals surface area contributed by atoms with Crippen LogP contribution in [0.3, 0.4) is 0 Å². The third-order valence-corrected chi connectivity index (χ3v) is 2.64. The van der Waals surface area contributed by atoms with E-state index in [2.05, 4.69) is 31.0 Å². The van der Waals surface area contributed by atoms with Gasteiger partial charge in [0.1, 0.15) is 0 Å². The summed E-state index contributed by atoms with van der Waals surface area (Å²) < 4.78 is 5.64. The molecule has 1 aliphatic rings. The van der Waals surface area contributed by atoms with Crippen LogP contribution in [0.1, 0.15) is 27.2 Å². The Labute approximate surface area is 91.8 Å². The molecule has 1 fully saturated rings. The van der Waals surface area contributed by atoms with E-state index in [9.17, 15) is 0 Å². The van der Waals surface area contributed by atoms with Crippen LogP contribution < -0.4 is 5.32 Å². The summed E-state index contributed by atoms with van der Waals surface area (Å²) in [6, 6.07) is 0. The molecule has 1 heterocycles. The van der Waals surface area contributed by atoms with Crippen LogP contribution in [0, 0.1) is 0 Å². The number of rotatable bonds is 2. The number of ether oxygens (including phenoxy) is 1. The van der Waals surface area contributed by atoms with Crippen molar-refractivity contribution in [1.29, 1.82) is 0 Å². The molecule has 1 rings (SSSR count). The van der Waals surface area contributed by atoms with Gasteiger partial charge < -0.3 is 15.0 Å². The van der Waals surface area contributed by atoms with E-state index in [-0.39, 0.29) is 12.2 Å². The first kappa shape index (κ1) is 11.7. The Morgan fingerprint density at radius 1 is 1.43 bits per heavy atom. The molecule has 0 radical (unpaired) electrons. The second-order valence-electron chi connectivity index (χ2n) is 3.89. The molecular weight excluding hydrogens is 196 g/mol. The van der Waals surface area contributed by atoms with Gasteiger partial charge in [0.25, 0.3) is 0 Å². The van der Waals surface area contributed by atoms with Gasteiger partial charge in [0.15, 0.2) is 5.11 Å². The van der Waals surface area contributed by atoms with Crippen molar-refractivity contribution >= 4 is 17.3 Å². The van der Waals surface area contributed by atoms with Crippen LogP contribution in [0.5, 0.6) is 0 Å². The Balaban J connectivity index is 2.38. The molecule has 0 saturated carbocycles. The van der Waals surface area contributed by atoms with Crippen LogP contribution in [0.4, 0.5) is 0 Å². The number of hydrogen-bond acceptors (Lipinski definition) is 2. The smallest absolute Gasteiger partial charge is 0.169 e. The lowest BCUT2D eigenvalue weighted by Crippen LogP contribution is -2.51. The van der Waals surface area contributed by atoms with Crippen LogP contribution in [0.25, 0.3) is 0 Å². The van der Waals surface area contributed by atoms with Gasteiger partial charge in [0.2, 0.25) is 0 Å². The molecule has 0 bridgehead atoms. The number of nitrogens with zero attached hydrogens (tertiary/aromatic N) is 1. The quantitative estimate of drug-likeness (QED) is 0.705. The zero-order valence-electron chi connectivity index (χ0n) is 9.25. The fourth-order valence-corrected chi connectivity index (χ4v) is 1.94. The maximum atomic E-state index is 5.64. The first-order valence-corrected chi connectivity index (χ1v) is 5.72. The van der Waals surface area contributed by atoms with E-state index in [1.165, 1.54) is 0 Å². The van der Waals surface area contributed by atoms with E-state index in [1.807, 2.05) is 0 Å². The van der Waals surface area contributed by atoms with Crippen molar-refractivity contribution in [3.05, 3.63) is 0 Å². The maximum absolute atomic E-state index is 5.64. The molecule has 0 amide bonds. The highest BCUT2D eigenvalue weighted by Gasteiger charge is 2.23. The van der Waals surface area contributed by atoms with Crippen LogP contribution in [-0.2, 0) is 4.74 Å². The van der Waals surface area contributed by atoms with Crippen LogP contribution in [0.2, 0.25) is 0 Å². The summed E-state index contributed by atoms with van der Waals surface area (Å²) >= 11 is 5.30. The van der Waals surface area contributed by atoms with Crippen LogP contribution >= 0.6 is 12.2 Å². The topological polar surface area (TPSA) is 24.5 Å². The van der Waals surface area contributed by atoms with Crippen LogP contribution in [-0.4, -0.2) is 41.9 Å². The minimum Gasteiger partial charge on any atom is -0.372 e. The summed E-state index contributed by atoms with van der Waals surface area (Å²) in [7, 11) is 0. The van der Waals surface area contributed by atoms with Gasteiger partial charge in [0.05, 0.1) is 12.2 Å². The number of nitrogens with one attached hydrogen (secondary N) is 1. The molecule has 1 aliphatic heterocycles. The third kappa shape index (κ3) is 3.42. The maximum Gasteiger partial charge on any atom is 0.169 e. The monoisotopic (exact) mass is 216 g/mol. The third-order valence-electron chi connectivity index (χ3n) is 2.23. The van der Waals surface area contributed by atoms with Crippen molar-refractivity contribution in [3.8, 4) is 0 Å². The predicted molar refractivity (Wildman–Crippen MR) is 62.5 cm³/mol. The zero-order chi connectivity index (χ0) is 10.6. The number of hydrogen-bond donors (Lipinski definition) is 1.